The monoisotopic (exact) mass is 673 g/mol. The second-order valence-corrected chi connectivity index (χ2v) is 13.8. The van der Waals surface area contributed by atoms with E-state index in [0.717, 1.165) is 56.7 Å². The van der Waals surface area contributed by atoms with E-state index >= 15 is 0 Å². The van der Waals surface area contributed by atoms with E-state index in [1.165, 1.54) is 11.1 Å². The summed E-state index contributed by atoms with van der Waals surface area (Å²) in [6.07, 6.45) is -0.117. The van der Waals surface area contributed by atoms with Crippen LogP contribution in [-0.4, -0.2) is 69.1 Å². The van der Waals surface area contributed by atoms with Crippen LogP contribution < -0.4 is 5.32 Å². The molecule has 3 aliphatic heterocycles. The maximum atomic E-state index is 13.9. The van der Waals surface area contributed by atoms with E-state index in [1.807, 2.05) is 59.5 Å². The number of para-hydroxylation sites is 2. The van der Waals surface area contributed by atoms with Crippen LogP contribution in [0.4, 0.5) is 4.79 Å². The van der Waals surface area contributed by atoms with Gasteiger partial charge in [-0.25, -0.2) is 4.79 Å². The summed E-state index contributed by atoms with van der Waals surface area (Å²) >= 11 is 0. The SMILES string of the molecule is O=C1NC(=O)c2c1c1c3ccccc3n3c1c1c2c2ccccc2n1CC(OC(=O)N1CCN(C(c2ccccc2)c2ccccc2)CC1)CC3. The van der Waals surface area contributed by atoms with Gasteiger partial charge in [0.25, 0.3) is 11.8 Å². The van der Waals surface area contributed by atoms with E-state index in [4.69, 9.17) is 4.74 Å². The number of imide groups is 1. The van der Waals surface area contributed by atoms with E-state index in [9.17, 15) is 14.4 Å². The first-order chi connectivity index (χ1) is 25.1. The average molecular weight is 674 g/mol. The van der Waals surface area contributed by atoms with Gasteiger partial charge in [-0.05, 0) is 23.3 Å². The zero-order valence-corrected chi connectivity index (χ0v) is 27.9. The molecule has 1 fully saturated rings. The Balaban J connectivity index is 0.995. The minimum absolute atomic E-state index is 0.104. The van der Waals surface area contributed by atoms with Crippen LogP contribution >= 0.6 is 0 Å². The summed E-state index contributed by atoms with van der Waals surface area (Å²) in [7, 11) is 0. The van der Waals surface area contributed by atoms with E-state index in [0.29, 0.717) is 43.7 Å². The van der Waals surface area contributed by atoms with Crippen LogP contribution in [0.15, 0.2) is 109 Å². The number of nitrogens with zero attached hydrogens (tertiary/aromatic N) is 4. The minimum Gasteiger partial charge on any atom is -0.444 e. The Bertz CT molecular complexity index is 2510. The zero-order chi connectivity index (χ0) is 34.2. The third-order valence-corrected chi connectivity index (χ3v) is 11.1. The largest absolute Gasteiger partial charge is 0.444 e. The number of aryl methyl sites for hydroxylation is 1. The highest BCUT2D eigenvalue weighted by molar-refractivity contribution is 6.39. The van der Waals surface area contributed by atoms with Gasteiger partial charge < -0.3 is 18.8 Å². The van der Waals surface area contributed by atoms with Crippen LogP contribution in [0.1, 0.15) is 44.3 Å². The van der Waals surface area contributed by atoms with Gasteiger partial charge in [0, 0.05) is 71.7 Å². The van der Waals surface area contributed by atoms with Crippen molar-refractivity contribution in [3.8, 4) is 0 Å². The maximum Gasteiger partial charge on any atom is 0.410 e. The van der Waals surface area contributed by atoms with E-state index in [-0.39, 0.29) is 23.9 Å². The number of fused-ring (bicyclic) bond motifs is 9. The van der Waals surface area contributed by atoms with Crippen LogP contribution in [0.25, 0.3) is 43.6 Å². The molecule has 3 aliphatic rings. The molecule has 5 heterocycles. The molecule has 0 bridgehead atoms. The molecule has 0 aliphatic carbocycles. The summed E-state index contributed by atoms with van der Waals surface area (Å²) in [6.45, 7) is 3.62. The Kier molecular flexibility index (Phi) is 6.79. The third kappa shape index (κ3) is 4.54. The van der Waals surface area contributed by atoms with Crippen molar-refractivity contribution in [3.05, 3.63) is 131 Å². The van der Waals surface area contributed by atoms with Crippen molar-refractivity contribution in [3.63, 3.8) is 0 Å². The maximum absolute atomic E-state index is 13.9. The Morgan fingerprint density at radius 2 is 1.14 bits per heavy atom. The molecule has 0 spiro atoms. The third-order valence-electron chi connectivity index (χ3n) is 11.1. The van der Waals surface area contributed by atoms with Crippen molar-refractivity contribution >= 4 is 61.5 Å². The first-order valence-electron chi connectivity index (χ1n) is 17.7. The molecule has 5 aromatic carbocycles. The molecule has 3 amide bonds. The number of carbonyl (C=O) groups is 3. The Hall–Kier alpha value is -5.93. The summed E-state index contributed by atoms with van der Waals surface area (Å²) < 4.78 is 10.9. The Morgan fingerprint density at radius 3 is 1.73 bits per heavy atom. The molecule has 10 rings (SSSR count). The van der Waals surface area contributed by atoms with Crippen LogP contribution in [0, 0.1) is 0 Å². The van der Waals surface area contributed by atoms with E-state index < -0.39 is 6.10 Å². The smallest absolute Gasteiger partial charge is 0.410 e. The fourth-order valence-corrected chi connectivity index (χ4v) is 8.89. The number of carbonyl (C=O) groups excluding carboxylic acids is 3. The second-order valence-electron chi connectivity index (χ2n) is 13.8. The van der Waals surface area contributed by atoms with Gasteiger partial charge in [-0.1, -0.05) is 97.1 Å². The average Bonchev–Trinajstić information content (AvgIpc) is 3.77. The molecule has 252 valence electrons. The molecule has 9 heteroatoms. The lowest BCUT2D eigenvalue weighted by atomic mass is 9.96. The number of nitrogens with one attached hydrogen (secondary N) is 1. The summed E-state index contributed by atoms with van der Waals surface area (Å²) in [4.78, 5) is 45.1. The number of benzene rings is 5. The normalized spacial score (nSPS) is 17.8. The highest BCUT2D eigenvalue weighted by atomic mass is 16.6. The molecular formula is C42H35N5O4. The van der Waals surface area contributed by atoms with Crippen molar-refractivity contribution in [2.24, 2.45) is 0 Å². The Morgan fingerprint density at radius 1 is 0.627 bits per heavy atom. The lowest BCUT2D eigenvalue weighted by Crippen LogP contribution is -2.50. The van der Waals surface area contributed by atoms with Crippen LogP contribution in [0.2, 0.25) is 0 Å². The molecule has 0 radical (unpaired) electrons. The van der Waals surface area contributed by atoms with Gasteiger partial charge in [-0.15, -0.1) is 0 Å². The lowest BCUT2D eigenvalue weighted by Gasteiger charge is -2.39. The fourth-order valence-electron chi connectivity index (χ4n) is 8.89. The van der Waals surface area contributed by atoms with Crippen molar-refractivity contribution in [1.82, 2.24) is 24.3 Å². The van der Waals surface area contributed by atoms with Crippen LogP contribution in [0.5, 0.6) is 0 Å². The van der Waals surface area contributed by atoms with E-state index in [1.54, 1.807) is 0 Å². The number of hydrogen-bond donors (Lipinski definition) is 1. The van der Waals surface area contributed by atoms with Crippen LogP contribution in [0.3, 0.4) is 0 Å². The molecule has 9 nitrogen and oxygen atoms in total. The minimum atomic E-state index is -0.413. The number of aromatic nitrogens is 2. The molecule has 1 N–H and O–H groups in total. The first kappa shape index (κ1) is 29.9. The molecule has 7 aromatic rings. The van der Waals surface area contributed by atoms with Gasteiger partial charge >= 0.3 is 6.09 Å². The zero-order valence-electron chi connectivity index (χ0n) is 27.9. The van der Waals surface area contributed by atoms with Gasteiger partial charge in [0.05, 0.1) is 34.7 Å². The molecule has 1 saturated heterocycles. The summed E-state index contributed by atoms with van der Waals surface area (Å²) in [6, 6.07) is 37.3. The standard InChI is InChI=1S/C42H35N5O4/c48-40-35-33-29-15-7-9-17-31(29)46-20-19-28(25-47-32-18-10-8-16-30(32)34(39(47)38(33)46)36(35)41(49)43-40)51-42(50)45-23-21-44(22-24-45)37(26-11-3-1-4-12-26)27-13-5-2-6-14-27/h1-18,28,37H,19-25H2,(H,43,48,49). The summed E-state index contributed by atoms with van der Waals surface area (Å²) in [5.74, 6) is -0.730. The topological polar surface area (TPSA) is 88.8 Å². The predicted molar refractivity (Wildman–Crippen MR) is 197 cm³/mol. The number of amides is 3. The van der Waals surface area contributed by atoms with Crippen LogP contribution in [-0.2, 0) is 17.8 Å². The summed E-state index contributed by atoms with van der Waals surface area (Å²) in [5.41, 5.74) is 7.11. The quantitative estimate of drug-likeness (QED) is 0.202. The molecule has 51 heavy (non-hydrogen) atoms. The number of ether oxygens (including phenoxy) is 1. The van der Waals surface area contributed by atoms with E-state index in [2.05, 4.69) is 73.9 Å². The highest BCUT2D eigenvalue weighted by Gasteiger charge is 2.38. The summed E-state index contributed by atoms with van der Waals surface area (Å²) in [5, 5.41) is 6.01. The molecule has 2 aromatic heterocycles. The highest BCUT2D eigenvalue weighted by Crippen LogP contribution is 2.46. The van der Waals surface area contributed by atoms with Gasteiger partial charge in [-0.2, -0.15) is 0 Å². The number of hydrogen-bond acceptors (Lipinski definition) is 5. The molecule has 1 unspecified atom stereocenters. The van der Waals surface area contributed by atoms with Crippen molar-refractivity contribution in [2.45, 2.75) is 31.7 Å². The van der Waals surface area contributed by atoms with Gasteiger partial charge in [0.15, 0.2) is 0 Å². The first-order valence-corrected chi connectivity index (χ1v) is 17.7. The second kappa shape index (κ2) is 11.6. The van der Waals surface area contributed by atoms with Crippen molar-refractivity contribution < 1.29 is 19.1 Å². The van der Waals surface area contributed by atoms with Crippen molar-refractivity contribution in [2.75, 3.05) is 26.2 Å². The van der Waals surface area contributed by atoms with Gasteiger partial charge in [0.2, 0.25) is 0 Å². The molecular weight excluding hydrogens is 638 g/mol. The number of piperazine rings is 1. The molecule has 0 saturated carbocycles. The number of rotatable bonds is 4. The van der Waals surface area contributed by atoms with Crippen molar-refractivity contribution in [1.29, 1.82) is 0 Å². The molecule has 1 atom stereocenters. The Labute approximate surface area is 293 Å². The predicted octanol–water partition coefficient (Wildman–Crippen LogP) is 7.10. The van der Waals surface area contributed by atoms with Gasteiger partial charge in [-0.3, -0.25) is 19.8 Å². The van der Waals surface area contributed by atoms with Gasteiger partial charge in [0.1, 0.15) is 6.10 Å². The lowest BCUT2D eigenvalue weighted by molar-refractivity contribution is 0.0325. The fraction of sp³-hybridized carbons (Fsp3) is 0.214.